The number of alkyl halides is 1. The average molecular weight is 231 g/mol. The monoisotopic (exact) mass is 230 g/mol. The largest absolute Gasteiger partial charge is 0.381 e. The molecule has 1 atom stereocenters. The molecular formula is C10H15ClN2O2. The Morgan fingerprint density at radius 1 is 1.67 bits per heavy atom. The summed E-state index contributed by atoms with van der Waals surface area (Å²) in [5, 5.41) is 8.48. The molecule has 0 aromatic rings. The standard InChI is InChI=1S/C10H15ClN2O2/c11-6-10(14)13(4-1-3-12)7-9-2-5-15-8-9/h9H,1-2,4-8H2. The molecule has 0 spiro atoms. The van der Waals surface area contributed by atoms with Gasteiger partial charge in [0.1, 0.15) is 5.88 Å². The van der Waals surface area contributed by atoms with Crippen molar-refractivity contribution >= 4 is 17.5 Å². The second-order valence-electron chi connectivity index (χ2n) is 3.61. The molecule has 4 nitrogen and oxygen atoms in total. The number of nitriles is 1. The first-order valence-corrected chi connectivity index (χ1v) is 5.59. The number of hydrogen-bond donors (Lipinski definition) is 0. The Bertz CT molecular complexity index is 246. The molecule has 0 aromatic carbocycles. The van der Waals surface area contributed by atoms with Gasteiger partial charge in [0.25, 0.3) is 0 Å². The minimum atomic E-state index is -0.0983. The molecule has 0 aromatic heterocycles. The van der Waals surface area contributed by atoms with Gasteiger partial charge >= 0.3 is 0 Å². The van der Waals surface area contributed by atoms with Crippen molar-refractivity contribution < 1.29 is 9.53 Å². The lowest BCUT2D eigenvalue weighted by Crippen LogP contribution is -2.37. The molecule has 1 amide bonds. The topological polar surface area (TPSA) is 53.3 Å². The van der Waals surface area contributed by atoms with E-state index in [4.69, 9.17) is 21.6 Å². The molecule has 84 valence electrons. The smallest absolute Gasteiger partial charge is 0.237 e. The lowest BCUT2D eigenvalue weighted by molar-refractivity contribution is -0.129. The Morgan fingerprint density at radius 2 is 2.47 bits per heavy atom. The van der Waals surface area contributed by atoms with Crippen LogP contribution in [0.4, 0.5) is 0 Å². The highest BCUT2D eigenvalue weighted by molar-refractivity contribution is 6.27. The van der Waals surface area contributed by atoms with E-state index in [-0.39, 0.29) is 11.8 Å². The molecule has 5 heteroatoms. The number of ether oxygens (including phenoxy) is 1. The molecule has 0 bridgehead atoms. The predicted octanol–water partition coefficient (Wildman–Crippen LogP) is 1.00. The van der Waals surface area contributed by atoms with Crippen molar-refractivity contribution in [1.82, 2.24) is 4.90 Å². The number of hydrogen-bond acceptors (Lipinski definition) is 3. The first-order chi connectivity index (χ1) is 7.27. The van der Waals surface area contributed by atoms with Crippen LogP contribution >= 0.6 is 11.6 Å². The fraction of sp³-hybridized carbons (Fsp3) is 0.800. The number of nitrogens with zero attached hydrogens (tertiary/aromatic N) is 2. The summed E-state index contributed by atoms with van der Waals surface area (Å²) in [6, 6.07) is 2.03. The van der Waals surface area contributed by atoms with Gasteiger partial charge in [-0.1, -0.05) is 0 Å². The minimum Gasteiger partial charge on any atom is -0.381 e. The van der Waals surface area contributed by atoms with Crippen LogP contribution in [0.5, 0.6) is 0 Å². The van der Waals surface area contributed by atoms with E-state index in [1.165, 1.54) is 0 Å². The maximum Gasteiger partial charge on any atom is 0.237 e. The number of rotatable bonds is 5. The van der Waals surface area contributed by atoms with Crippen molar-refractivity contribution in [3.8, 4) is 6.07 Å². The zero-order chi connectivity index (χ0) is 11.1. The lowest BCUT2D eigenvalue weighted by atomic mass is 10.1. The molecule has 0 N–H and O–H groups in total. The molecule has 1 aliphatic heterocycles. The highest BCUT2D eigenvalue weighted by Gasteiger charge is 2.21. The highest BCUT2D eigenvalue weighted by Crippen LogP contribution is 2.14. The minimum absolute atomic E-state index is 0.0149. The van der Waals surface area contributed by atoms with Crippen molar-refractivity contribution in [2.45, 2.75) is 12.8 Å². The number of carbonyl (C=O) groups is 1. The van der Waals surface area contributed by atoms with Gasteiger partial charge in [0, 0.05) is 25.6 Å². The lowest BCUT2D eigenvalue weighted by Gasteiger charge is -2.23. The van der Waals surface area contributed by atoms with Gasteiger partial charge in [-0.05, 0) is 6.42 Å². The second-order valence-corrected chi connectivity index (χ2v) is 3.88. The molecule has 0 saturated carbocycles. The first kappa shape index (κ1) is 12.3. The quantitative estimate of drug-likeness (QED) is 0.663. The Hall–Kier alpha value is -0.790. The van der Waals surface area contributed by atoms with Crippen LogP contribution < -0.4 is 0 Å². The van der Waals surface area contributed by atoms with E-state index in [0.717, 1.165) is 13.0 Å². The molecule has 0 aliphatic carbocycles. The van der Waals surface area contributed by atoms with E-state index >= 15 is 0 Å². The zero-order valence-corrected chi connectivity index (χ0v) is 9.37. The Balaban J connectivity index is 2.40. The summed E-state index contributed by atoms with van der Waals surface area (Å²) >= 11 is 5.51. The summed E-state index contributed by atoms with van der Waals surface area (Å²) in [6.45, 7) is 2.61. The highest BCUT2D eigenvalue weighted by atomic mass is 35.5. The molecule has 1 unspecified atom stereocenters. The van der Waals surface area contributed by atoms with Gasteiger partial charge in [-0.15, -0.1) is 11.6 Å². The summed E-state index contributed by atoms with van der Waals surface area (Å²) in [6.07, 6.45) is 1.34. The van der Waals surface area contributed by atoms with Crippen molar-refractivity contribution in [2.24, 2.45) is 5.92 Å². The number of halogens is 1. The maximum atomic E-state index is 11.4. The van der Waals surface area contributed by atoms with Gasteiger partial charge in [-0.25, -0.2) is 0 Å². The summed E-state index contributed by atoms with van der Waals surface area (Å²) in [4.78, 5) is 13.1. The van der Waals surface area contributed by atoms with Crippen LogP contribution in [0.3, 0.4) is 0 Å². The zero-order valence-electron chi connectivity index (χ0n) is 8.62. The molecule has 1 fully saturated rings. The van der Waals surface area contributed by atoms with Crippen LogP contribution in [0.25, 0.3) is 0 Å². The molecule has 1 aliphatic rings. The number of amides is 1. The molecule has 1 heterocycles. The van der Waals surface area contributed by atoms with Crippen molar-refractivity contribution in [3.63, 3.8) is 0 Å². The third kappa shape index (κ3) is 4.06. The van der Waals surface area contributed by atoms with Crippen LogP contribution in [0, 0.1) is 17.2 Å². The third-order valence-electron chi connectivity index (χ3n) is 2.46. The molecule has 15 heavy (non-hydrogen) atoms. The van der Waals surface area contributed by atoms with Crippen LogP contribution in [-0.4, -0.2) is 43.0 Å². The van der Waals surface area contributed by atoms with Gasteiger partial charge in [0.05, 0.1) is 19.1 Å². The van der Waals surface area contributed by atoms with Gasteiger partial charge in [0.15, 0.2) is 0 Å². The summed E-state index contributed by atoms with van der Waals surface area (Å²) < 4.78 is 5.24. The Kier molecular flexibility index (Phi) is 5.44. The molecule has 1 rings (SSSR count). The van der Waals surface area contributed by atoms with Gasteiger partial charge in [-0.2, -0.15) is 5.26 Å². The Morgan fingerprint density at radius 3 is 3.00 bits per heavy atom. The van der Waals surface area contributed by atoms with E-state index in [2.05, 4.69) is 0 Å². The van der Waals surface area contributed by atoms with Crippen LogP contribution in [0.2, 0.25) is 0 Å². The van der Waals surface area contributed by atoms with E-state index in [9.17, 15) is 4.79 Å². The van der Waals surface area contributed by atoms with Crippen LogP contribution in [-0.2, 0) is 9.53 Å². The maximum absolute atomic E-state index is 11.4. The molecule has 0 radical (unpaired) electrons. The first-order valence-electron chi connectivity index (χ1n) is 5.06. The van der Waals surface area contributed by atoms with Crippen molar-refractivity contribution in [3.05, 3.63) is 0 Å². The van der Waals surface area contributed by atoms with Crippen LogP contribution in [0.1, 0.15) is 12.8 Å². The second kappa shape index (κ2) is 6.65. The van der Waals surface area contributed by atoms with E-state index in [0.29, 0.717) is 32.0 Å². The fourth-order valence-electron chi connectivity index (χ4n) is 1.63. The normalized spacial score (nSPS) is 19.9. The fourth-order valence-corrected chi connectivity index (χ4v) is 1.80. The van der Waals surface area contributed by atoms with E-state index in [1.807, 2.05) is 6.07 Å². The summed E-state index contributed by atoms with van der Waals surface area (Å²) in [7, 11) is 0. The summed E-state index contributed by atoms with van der Waals surface area (Å²) in [5.41, 5.74) is 0. The van der Waals surface area contributed by atoms with Gasteiger partial charge in [-0.3, -0.25) is 4.79 Å². The van der Waals surface area contributed by atoms with Gasteiger partial charge in [0.2, 0.25) is 5.91 Å². The van der Waals surface area contributed by atoms with Crippen molar-refractivity contribution in [2.75, 3.05) is 32.2 Å². The Labute approximate surface area is 94.7 Å². The third-order valence-corrected chi connectivity index (χ3v) is 2.69. The SMILES string of the molecule is N#CCCN(CC1CCOC1)C(=O)CCl. The van der Waals surface area contributed by atoms with Crippen molar-refractivity contribution in [1.29, 1.82) is 5.26 Å². The summed E-state index contributed by atoms with van der Waals surface area (Å²) in [5.74, 6) is 0.286. The number of carbonyl (C=O) groups excluding carboxylic acids is 1. The average Bonchev–Trinajstić information content (AvgIpc) is 2.75. The molecule has 1 saturated heterocycles. The van der Waals surface area contributed by atoms with Gasteiger partial charge < -0.3 is 9.64 Å². The van der Waals surface area contributed by atoms with E-state index in [1.54, 1.807) is 4.90 Å². The van der Waals surface area contributed by atoms with E-state index < -0.39 is 0 Å². The van der Waals surface area contributed by atoms with Crippen LogP contribution in [0.15, 0.2) is 0 Å². The molecular weight excluding hydrogens is 216 g/mol. The predicted molar refractivity (Wildman–Crippen MR) is 56.5 cm³/mol.